The number of phosphoric acid groups is 1. The zero-order chi connectivity index (χ0) is 30.8. The van der Waals surface area contributed by atoms with E-state index in [1.54, 1.807) is 0 Å². The first kappa shape index (κ1) is 39.5. The highest BCUT2D eigenvalue weighted by Gasteiger charge is 2.27. The van der Waals surface area contributed by atoms with E-state index in [0.717, 1.165) is 77.0 Å². The highest BCUT2D eigenvalue weighted by atomic mass is 31.2. The van der Waals surface area contributed by atoms with Crippen LogP contribution >= 0.6 is 7.82 Å². The average molecular weight is 605 g/mol. The maximum absolute atomic E-state index is 12.5. The zero-order valence-corrected chi connectivity index (χ0v) is 27.3. The summed E-state index contributed by atoms with van der Waals surface area (Å²) in [6.45, 7) is 5.77. The normalized spacial score (nSPS) is 14.1. The zero-order valence-electron chi connectivity index (χ0n) is 26.4. The summed E-state index contributed by atoms with van der Waals surface area (Å²) in [6, 6.07) is 0. The molecule has 2 atom stereocenters. The molecule has 0 bridgehead atoms. The molecule has 1 N–H and O–H groups in total. The first-order chi connectivity index (χ1) is 19.5. The number of phosphoric ester groups is 1. The van der Waals surface area contributed by atoms with Crippen LogP contribution in [-0.4, -0.2) is 74.9 Å². The molecule has 0 fully saturated rings. The second-order valence-corrected chi connectivity index (χ2v) is 13.0. The Morgan fingerprint density at radius 1 is 0.805 bits per heavy atom. The summed E-state index contributed by atoms with van der Waals surface area (Å²) in [6.07, 6.45) is 20.1. The van der Waals surface area contributed by atoms with Crippen molar-refractivity contribution in [3.63, 3.8) is 0 Å². The molecule has 0 heterocycles. The lowest BCUT2D eigenvalue weighted by Crippen LogP contribution is -2.37. The van der Waals surface area contributed by atoms with Gasteiger partial charge < -0.3 is 18.9 Å². The summed E-state index contributed by atoms with van der Waals surface area (Å²) in [5.74, 6) is -0.844. The molecule has 0 aromatic heterocycles. The lowest BCUT2D eigenvalue weighted by atomic mass is 10.1. The van der Waals surface area contributed by atoms with Crippen molar-refractivity contribution in [3.8, 4) is 0 Å². The molecule has 0 saturated heterocycles. The molecule has 10 heteroatoms. The lowest BCUT2D eigenvalue weighted by molar-refractivity contribution is -0.870. The van der Waals surface area contributed by atoms with Gasteiger partial charge in [-0.3, -0.25) is 18.6 Å². The Morgan fingerprint density at radius 3 is 1.98 bits per heavy atom. The van der Waals surface area contributed by atoms with E-state index in [4.69, 9.17) is 18.5 Å². The number of nitrogens with zero attached hydrogens (tertiary/aromatic N) is 1. The molecule has 0 aliphatic rings. The van der Waals surface area contributed by atoms with Crippen LogP contribution in [0.15, 0.2) is 24.8 Å². The van der Waals surface area contributed by atoms with E-state index in [1.165, 1.54) is 6.42 Å². The Balaban J connectivity index is 4.56. The van der Waals surface area contributed by atoms with E-state index in [9.17, 15) is 19.0 Å². The van der Waals surface area contributed by atoms with Gasteiger partial charge >= 0.3 is 19.8 Å². The van der Waals surface area contributed by atoms with Gasteiger partial charge in [-0.05, 0) is 44.9 Å². The summed E-state index contributed by atoms with van der Waals surface area (Å²) in [4.78, 5) is 34.7. The molecule has 1 unspecified atom stereocenters. The van der Waals surface area contributed by atoms with E-state index in [0.29, 0.717) is 17.4 Å². The lowest BCUT2D eigenvalue weighted by Gasteiger charge is -2.24. The highest BCUT2D eigenvalue weighted by Crippen LogP contribution is 2.43. The monoisotopic (exact) mass is 604 g/mol. The topological polar surface area (TPSA) is 108 Å². The van der Waals surface area contributed by atoms with Gasteiger partial charge in [0.05, 0.1) is 27.7 Å². The molecule has 0 aliphatic heterocycles. The van der Waals surface area contributed by atoms with Gasteiger partial charge in [-0.1, -0.05) is 70.1 Å². The summed E-state index contributed by atoms with van der Waals surface area (Å²) < 4.78 is 33.8. The fourth-order valence-electron chi connectivity index (χ4n) is 3.82. The molecule has 0 saturated carbocycles. The molecule has 0 amide bonds. The summed E-state index contributed by atoms with van der Waals surface area (Å²) in [7, 11) is 1.45. The Bertz CT molecular complexity index is 766. The molecule has 0 aliphatic carbocycles. The van der Waals surface area contributed by atoms with Gasteiger partial charge in [0.2, 0.25) is 0 Å². The van der Waals surface area contributed by atoms with Gasteiger partial charge in [-0.2, -0.15) is 0 Å². The number of unbranched alkanes of at least 4 members (excludes halogenated alkanes) is 11. The molecular formula is C31H59NO8P+. The fourth-order valence-corrected chi connectivity index (χ4v) is 4.56. The SMILES string of the molecule is C=CCCCCCCCC(=O)OC[C@H](COP(=O)(O)OCC[N+](C)(C)C)OC(=O)CCCCCCC/C=C\CCC. The second kappa shape index (κ2) is 25.0. The molecule has 0 radical (unpaired) electrons. The van der Waals surface area contributed by atoms with Gasteiger partial charge in [0.25, 0.3) is 0 Å². The van der Waals surface area contributed by atoms with Crippen LogP contribution in [0.1, 0.15) is 110 Å². The van der Waals surface area contributed by atoms with E-state index in [2.05, 4.69) is 25.7 Å². The van der Waals surface area contributed by atoms with Crippen LogP contribution < -0.4 is 0 Å². The van der Waals surface area contributed by atoms with E-state index < -0.39 is 32.5 Å². The third-order valence-electron chi connectivity index (χ3n) is 6.33. The molecule has 0 spiro atoms. The minimum Gasteiger partial charge on any atom is -0.462 e. The first-order valence-electron chi connectivity index (χ1n) is 15.5. The summed E-state index contributed by atoms with van der Waals surface area (Å²) >= 11 is 0. The molecular weight excluding hydrogens is 545 g/mol. The van der Waals surface area contributed by atoms with Crippen molar-refractivity contribution in [1.82, 2.24) is 0 Å². The molecule has 9 nitrogen and oxygen atoms in total. The molecule has 0 rings (SSSR count). The number of carbonyl (C=O) groups excluding carboxylic acids is 2. The number of esters is 2. The van der Waals surface area contributed by atoms with Gasteiger partial charge in [0.15, 0.2) is 6.10 Å². The third-order valence-corrected chi connectivity index (χ3v) is 7.32. The number of ether oxygens (including phenoxy) is 2. The van der Waals surface area contributed by atoms with E-state index >= 15 is 0 Å². The number of rotatable bonds is 28. The Labute approximate surface area is 249 Å². The first-order valence-corrected chi connectivity index (χ1v) is 17.0. The van der Waals surface area contributed by atoms with Crippen LogP contribution in [0.2, 0.25) is 0 Å². The van der Waals surface area contributed by atoms with Crippen LogP contribution in [0.4, 0.5) is 0 Å². The van der Waals surface area contributed by atoms with Crippen LogP contribution in [-0.2, 0) is 32.7 Å². The quantitative estimate of drug-likeness (QED) is 0.0326. The van der Waals surface area contributed by atoms with Gasteiger partial charge in [0, 0.05) is 12.8 Å². The molecule has 0 aromatic carbocycles. The number of hydrogen-bond acceptors (Lipinski definition) is 7. The number of carbonyl (C=O) groups is 2. The largest absolute Gasteiger partial charge is 0.472 e. The molecule has 240 valence electrons. The van der Waals surface area contributed by atoms with Crippen molar-refractivity contribution in [3.05, 3.63) is 24.8 Å². The predicted molar refractivity (Wildman–Crippen MR) is 164 cm³/mol. The van der Waals surface area contributed by atoms with Crippen LogP contribution in [0, 0.1) is 0 Å². The predicted octanol–water partition coefficient (Wildman–Crippen LogP) is 7.28. The summed E-state index contributed by atoms with van der Waals surface area (Å²) in [5, 5.41) is 0. The van der Waals surface area contributed by atoms with Crippen molar-refractivity contribution in [1.29, 1.82) is 0 Å². The van der Waals surface area contributed by atoms with Crippen molar-refractivity contribution in [2.75, 3.05) is 47.5 Å². The van der Waals surface area contributed by atoms with Crippen molar-refractivity contribution < 1.29 is 42.1 Å². The smallest absolute Gasteiger partial charge is 0.462 e. The fraction of sp³-hybridized carbons (Fsp3) is 0.806. The third kappa shape index (κ3) is 28.4. The number of quaternary nitrogens is 1. The number of allylic oxidation sites excluding steroid dienone is 3. The van der Waals surface area contributed by atoms with Crippen LogP contribution in [0.5, 0.6) is 0 Å². The van der Waals surface area contributed by atoms with Gasteiger partial charge in [-0.15, -0.1) is 6.58 Å². The Kier molecular flexibility index (Phi) is 24.1. The minimum absolute atomic E-state index is 0.0271. The van der Waals surface area contributed by atoms with Gasteiger partial charge in [0.1, 0.15) is 19.8 Å². The van der Waals surface area contributed by atoms with Crippen molar-refractivity contribution in [2.45, 2.75) is 116 Å². The summed E-state index contributed by atoms with van der Waals surface area (Å²) in [5.41, 5.74) is 0. The maximum atomic E-state index is 12.5. The second-order valence-electron chi connectivity index (χ2n) is 11.6. The molecule has 0 aromatic rings. The van der Waals surface area contributed by atoms with E-state index in [1.807, 2.05) is 27.2 Å². The molecule has 41 heavy (non-hydrogen) atoms. The Hall–Kier alpha value is -1.51. The standard InChI is InChI=1S/C31H58NO8P/c1-6-8-10-12-14-15-16-18-20-22-24-31(34)40-29(28-39-41(35,36)38-26-25-32(3,4)5)27-37-30(33)23-21-19-17-13-11-9-7-2/h7,10,12,29H,2,6,8-9,11,13-28H2,1,3-5H3/p+1/b12-10-/t29-/m1/s1. The van der Waals surface area contributed by atoms with Crippen LogP contribution in [0.3, 0.4) is 0 Å². The maximum Gasteiger partial charge on any atom is 0.472 e. The minimum atomic E-state index is -4.36. The van der Waals surface area contributed by atoms with E-state index in [-0.39, 0.29) is 26.1 Å². The van der Waals surface area contributed by atoms with Crippen LogP contribution in [0.25, 0.3) is 0 Å². The van der Waals surface area contributed by atoms with Crippen molar-refractivity contribution in [2.24, 2.45) is 0 Å². The van der Waals surface area contributed by atoms with Crippen molar-refractivity contribution >= 4 is 19.8 Å². The Morgan fingerprint density at radius 2 is 1.37 bits per heavy atom. The number of likely N-dealkylation sites (N-methyl/N-ethyl adjacent to an activating group) is 1. The highest BCUT2D eigenvalue weighted by molar-refractivity contribution is 7.47. The average Bonchev–Trinajstić information content (AvgIpc) is 2.90. The number of hydrogen-bond donors (Lipinski definition) is 1. The van der Waals surface area contributed by atoms with Gasteiger partial charge in [-0.25, -0.2) is 4.57 Å².